The van der Waals surface area contributed by atoms with Crippen LogP contribution in [-0.4, -0.2) is 52.0 Å². The summed E-state index contributed by atoms with van der Waals surface area (Å²) in [5, 5.41) is 25.5. The number of nitrogens with one attached hydrogen (secondary N) is 2. The van der Waals surface area contributed by atoms with Gasteiger partial charge in [0.2, 0.25) is 11.8 Å². The highest BCUT2D eigenvalue weighted by atomic mass is 16.4. The van der Waals surface area contributed by atoms with Gasteiger partial charge in [0.25, 0.3) is 0 Å². The summed E-state index contributed by atoms with van der Waals surface area (Å²) in [6, 6.07) is 16.7. The van der Waals surface area contributed by atoms with E-state index < -0.39 is 42.3 Å². The van der Waals surface area contributed by atoms with E-state index in [1.807, 2.05) is 36.4 Å². The molecule has 3 rings (SSSR count). The number of amides is 2. The van der Waals surface area contributed by atoms with Crippen molar-refractivity contribution in [3.63, 3.8) is 0 Å². The molecular weight excluding hydrogens is 490 g/mol. The molecule has 0 aliphatic rings. The van der Waals surface area contributed by atoms with Crippen molar-refractivity contribution in [2.75, 3.05) is 0 Å². The molecule has 0 saturated heterocycles. The van der Waals surface area contributed by atoms with Crippen molar-refractivity contribution < 1.29 is 29.4 Å². The predicted molar refractivity (Wildman–Crippen MR) is 142 cm³/mol. The summed E-state index contributed by atoms with van der Waals surface area (Å²) in [5.41, 5.74) is 12.5. The fraction of sp³-hybridized carbons (Fsp3) is 0.148. The van der Waals surface area contributed by atoms with E-state index in [0.29, 0.717) is 16.8 Å². The third-order valence-corrected chi connectivity index (χ3v) is 5.46. The topological polar surface area (TPSA) is 197 Å². The van der Waals surface area contributed by atoms with Gasteiger partial charge in [-0.25, -0.2) is 9.79 Å². The SMILES string of the molecule is NC(N)=Nc1ccc(C=CC(=O)N[C@@H](CC(=O)O)C(=O)N[C@@H](Cc2ccc3ccccc3c2)C(=O)O)cc1. The van der Waals surface area contributed by atoms with Crippen molar-refractivity contribution in [2.45, 2.75) is 24.9 Å². The molecule has 196 valence electrons. The molecule has 0 spiro atoms. The van der Waals surface area contributed by atoms with E-state index in [0.717, 1.165) is 16.8 Å². The Balaban J connectivity index is 1.67. The molecule has 0 aromatic heterocycles. The number of hydrogen-bond donors (Lipinski definition) is 6. The van der Waals surface area contributed by atoms with Crippen LogP contribution in [0, 0.1) is 0 Å². The molecule has 8 N–H and O–H groups in total. The van der Waals surface area contributed by atoms with Crippen molar-refractivity contribution in [3.8, 4) is 0 Å². The number of hydrogen-bond acceptors (Lipinski definition) is 5. The van der Waals surface area contributed by atoms with Crippen LogP contribution in [0.5, 0.6) is 0 Å². The Kier molecular flexibility index (Phi) is 9.14. The second kappa shape index (κ2) is 12.7. The quantitative estimate of drug-likeness (QED) is 0.125. The number of benzene rings is 3. The monoisotopic (exact) mass is 517 g/mol. The first-order chi connectivity index (χ1) is 18.1. The second-order valence-corrected chi connectivity index (χ2v) is 8.41. The number of nitrogens with zero attached hydrogens (tertiary/aromatic N) is 1. The van der Waals surface area contributed by atoms with Crippen LogP contribution in [0.2, 0.25) is 0 Å². The molecule has 0 saturated carbocycles. The molecule has 38 heavy (non-hydrogen) atoms. The van der Waals surface area contributed by atoms with E-state index >= 15 is 0 Å². The van der Waals surface area contributed by atoms with Gasteiger partial charge in [-0.15, -0.1) is 0 Å². The van der Waals surface area contributed by atoms with Crippen LogP contribution in [-0.2, 0) is 25.6 Å². The molecule has 0 heterocycles. The zero-order valence-corrected chi connectivity index (χ0v) is 20.2. The number of carbonyl (C=O) groups is 4. The zero-order valence-electron chi connectivity index (χ0n) is 20.2. The van der Waals surface area contributed by atoms with Gasteiger partial charge in [0, 0.05) is 12.5 Å². The fourth-order valence-corrected chi connectivity index (χ4v) is 3.66. The van der Waals surface area contributed by atoms with Crippen molar-refractivity contribution in [1.29, 1.82) is 0 Å². The van der Waals surface area contributed by atoms with Gasteiger partial charge in [-0.2, -0.15) is 0 Å². The third-order valence-electron chi connectivity index (χ3n) is 5.46. The minimum absolute atomic E-state index is 0.0323. The van der Waals surface area contributed by atoms with Crippen LogP contribution >= 0.6 is 0 Å². The molecule has 0 aliphatic carbocycles. The van der Waals surface area contributed by atoms with Crippen LogP contribution in [0.1, 0.15) is 17.5 Å². The minimum Gasteiger partial charge on any atom is -0.481 e. The third kappa shape index (κ3) is 8.19. The molecular formula is C27H27N5O6. The lowest BCUT2D eigenvalue weighted by Crippen LogP contribution is -2.52. The predicted octanol–water partition coefficient (Wildman–Crippen LogP) is 1.53. The summed E-state index contributed by atoms with van der Waals surface area (Å²) in [6.45, 7) is 0. The minimum atomic E-state index is -1.49. The molecule has 2 amide bonds. The van der Waals surface area contributed by atoms with Gasteiger partial charge in [-0.1, -0.05) is 54.6 Å². The van der Waals surface area contributed by atoms with Gasteiger partial charge in [-0.05, 0) is 40.1 Å². The van der Waals surface area contributed by atoms with E-state index in [-0.39, 0.29) is 12.4 Å². The van der Waals surface area contributed by atoms with E-state index in [4.69, 9.17) is 11.5 Å². The number of nitrogens with two attached hydrogens (primary N) is 2. The number of aliphatic carboxylic acids is 2. The Hall–Kier alpha value is -5.19. The van der Waals surface area contributed by atoms with Gasteiger partial charge in [-0.3, -0.25) is 14.4 Å². The summed E-state index contributed by atoms with van der Waals surface area (Å²) in [6.07, 6.45) is 1.81. The first-order valence-electron chi connectivity index (χ1n) is 11.5. The van der Waals surface area contributed by atoms with E-state index in [2.05, 4.69) is 15.6 Å². The molecule has 11 heteroatoms. The highest BCUT2D eigenvalue weighted by molar-refractivity contribution is 5.97. The fourth-order valence-electron chi connectivity index (χ4n) is 3.66. The van der Waals surface area contributed by atoms with Crippen LogP contribution in [0.4, 0.5) is 5.69 Å². The number of aliphatic imine (C=N–C) groups is 1. The van der Waals surface area contributed by atoms with E-state index in [1.165, 1.54) is 6.08 Å². The average molecular weight is 518 g/mol. The molecule has 11 nitrogen and oxygen atoms in total. The lowest BCUT2D eigenvalue weighted by Gasteiger charge is -2.20. The molecule has 0 radical (unpaired) electrons. The summed E-state index contributed by atoms with van der Waals surface area (Å²) in [4.78, 5) is 52.3. The van der Waals surface area contributed by atoms with Crippen LogP contribution in [0.25, 0.3) is 16.8 Å². The standard InChI is InChI=1S/C27H27N5O6/c28-27(29)30-20-10-6-16(7-11-20)8-12-23(33)31-21(15-24(34)35)25(36)32-22(26(37)38)14-17-5-9-18-3-1-2-4-19(18)13-17/h1-13,21-22H,14-15H2,(H,31,33)(H,32,36)(H,34,35)(H,37,38)(H4,28,29,30)/t21-,22-/m0/s1. The summed E-state index contributed by atoms with van der Waals surface area (Å²) < 4.78 is 0. The largest absolute Gasteiger partial charge is 0.481 e. The van der Waals surface area contributed by atoms with Crippen molar-refractivity contribution in [3.05, 3.63) is 83.9 Å². The van der Waals surface area contributed by atoms with Crippen molar-refractivity contribution >= 4 is 52.2 Å². The smallest absolute Gasteiger partial charge is 0.326 e. The normalized spacial score (nSPS) is 12.4. The highest BCUT2D eigenvalue weighted by Crippen LogP contribution is 2.17. The molecule has 2 atom stereocenters. The van der Waals surface area contributed by atoms with Gasteiger partial charge >= 0.3 is 11.9 Å². The Morgan fingerprint density at radius 2 is 1.55 bits per heavy atom. The molecule has 0 unspecified atom stereocenters. The summed E-state index contributed by atoms with van der Waals surface area (Å²) >= 11 is 0. The lowest BCUT2D eigenvalue weighted by atomic mass is 10.0. The first-order valence-corrected chi connectivity index (χ1v) is 11.5. The number of rotatable bonds is 11. The summed E-state index contributed by atoms with van der Waals surface area (Å²) in [7, 11) is 0. The molecule has 0 fully saturated rings. The molecule has 3 aromatic rings. The Bertz CT molecular complexity index is 1400. The maximum Gasteiger partial charge on any atom is 0.326 e. The zero-order chi connectivity index (χ0) is 27.7. The molecule has 0 aliphatic heterocycles. The number of carboxylic acid groups (broad SMARTS) is 2. The number of carboxylic acids is 2. The molecule has 0 bridgehead atoms. The van der Waals surface area contributed by atoms with Crippen LogP contribution in [0.3, 0.4) is 0 Å². The number of carbonyl (C=O) groups excluding carboxylic acids is 2. The Labute approximate surface area is 217 Å². The van der Waals surface area contributed by atoms with E-state index in [9.17, 15) is 29.4 Å². The van der Waals surface area contributed by atoms with Crippen LogP contribution in [0.15, 0.2) is 77.8 Å². The van der Waals surface area contributed by atoms with Gasteiger partial charge in [0.1, 0.15) is 12.1 Å². The molecule has 3 aromatic carbocycles. The number of fused-ring (bicyclic) bond motifs is 1. The van der Waals surface area contributed by atoms with Gasteiger partial charge < -0.3 is 32.3 Å². The van der Waals surface area contributed by atoms with Crippen molar-refractivity contribution in [2.24, 2.45) is 16.5 Å². The second-order valence-electron chi connectivity index (χ2n) is 8.41. The maximum atomic E-state index is 12.8. The highest BCUT2D eigenvalue weighted by Gasteiger charge is 2.28. The van der Waals surface area contributed by atoms with Crippen LogP contribution < -0.4 is 22.1 Å². The lowest BCUT2D eigenvalue weighted by molar-refractivity contribution is -0.143. The summed E-state index contributed by atoms with van der Waals surface area (Å²) in [5.74, 6) is -4.40. The maximum absolute atomic E-state index is 12.8. The van der Waals surface area contributed by atoms with Gasteiger partial charge in [0.05, 0.1) is 12.1 Å². The van der Waals surface area contributed by atoms with Gasteiger partial charge in [0.15, 0.2) is 5.96 Å². The van der Waals surface area contributed by atoms with Crippen molar-refractivity contribution in [1.82, 2.24) is 10.6 Å². The van der Waals surface area contributed by atoms with E-state index in [1.54, 1.807) is 30.3 Å². The average Bonchev–Trinajstić information content (AvgIpc) is 2.86. The Morgan fingerprint density at radius 1 is 0.868 bits per heavy atom. The first kappa shape index (κ1) is 27.4. The number of guanidine groups is 1. The Morgan fingerprint density at radius 3 is 2.18 bits per heavy atom.